The lowest BCUT2D eigenvalue weighted by molar-refractivity contribution is -0.125. The zero-order valence-electron chi connectivity index (χ0n) is 14.3. The van der Waals surface area contributed by atoms with Gasteiger partial charge in [-0.25, -0.2) is 8.42 Å². The van der Waals surface area contributed by atoms with Crippen molar-refractivity contribution < 1.29 is 13.2 Å². The molecule has 8 heteroatoms. The molecule has 1 aromatic carbocycles. The van der Waals surface area contributed by atoms with E-state index in [0.29, 0.717) is 24.4 Å². The van der Waals surface area contributed by atoms with Gasteiger partial charge in [0.25, 0.3) is 0 Å². The summed E-state index contributed by atoms with van der Waals surface area (Å²) < 4.78 is 27.1. The fourth-order valence-electron chi connectivity index (χ4n) is 3.48. The van der Waals surface area contributed by atoms with Gasteiger partial charge in [0.1, 0.15) is 6.04 Å². The first-order valence-electron chi connectivity index (χ1n) is 8.64. The third kappa shape index (κ3) is 4.16. The van der Waals surface area contributed by atoms with E-state index in [-0.39, 0.29) is 16.8 Å². The Kier molecular flexibility index (Phi) is 5.68. The highest BCUT2D eigenvalue weighted by molar-refractivity contribution is 7.89. The molecule has 1 amide bonds. The number of amides is 1. The quantitative estimate of drug-likeness (QED) is 0.856. The number of carbonyl (C=O) groups excluding carboxylic acids is 1. The molecule has 0 aliphatic carbocycles. The molecule has 1 atom stereocenters. The van der Waals surface area contributed by atoms with Crippen LogP contribution in [0.5, 0.6) is 0 Å². The van der Waals surface area contributed by atoms with Gasteiger partial charge in [-0.05, 0) is 70.1 Å². The Hall–Kier alpha value is -1.15. The summed E-state index contributed by atoms with van der Waals surface area (Å²) in [6.07, 6.45) is 3.06. The second-order valence-corrected chi connectivity index (χ2v) is 9.14. The lowest BCUT2D eigenvalue weighted by Crippen LogP contribution is -2.51. The number of sulfonamides is 1. The van der Waals surface area contributed by atoms with Crippen LogP contribution in [-0.2, 0) is 14.8 Å². The summed E-state index contributed by atoms with van der Waals surface area (Å²) in [6, 6.07) is 5.59. The maximum atomic E-state index is 12.9. The third-order valence-corrected chi connectivity index (χ3v) is 7.17. The van der Waals surface area contributed by atoms with Gasteiger partial charge in [0, 0.05) is 17.6 Å². The third-order valence-electron chi connectivity index (χ3n) is 4.99. The van der Waals surface area contributed by atoms with Crippen molar-refractivity contribution in [3.05, 3.63) is 29.3 Å². The van der Waals surface area contributed by atoms with Crippen LogP contribution in [0.25, 0.3) is 0 Å². The summed E-state index contributed by atoms with van der Waals surface area (Å²) in [5.74, 6) is -0.176. The van der Waals surface area contributed by atoms with Gasteiger partial charge in [0.15, 0.2) is 0 Å². The van der Waals surface area contributed by atoms with Gasteiger partial charge in [-0.1, -0.05) is 11.6 Å². The van der Waals surface area contributed by atoms with Crippen molar-refractivity contribution in [2.45, 2.75) is 42.7 Å². The van der Waals surface area contributed by atoms with E-state index in [9.17, 15) is 13.2 Å². The van der Waals surface area contributed by atoms with Gasteiger partial charge in [0.2, 0.25) is 15.9 Å². The lowest BCUT2D eigenvalue weighted by atomic mass is 10.0. The minimum absolute atomic E-state index is 0.129. The summed E-state index contributed by atoms with van der Waals surface area (Å²) in [5.41, 5.74) is 0. The normalized spacial score (nSPS) is 23.7. The summed E-state index contributed by atoms with van der Waals surface area (Å²) in [4.78, 5) is 15.1. The number of nitrogens with zero attached hydrogens (tertiary/aromatic N) is 2. The van der Waals surface area contributed by atoms with Crippen LogP contribution in [0.2, 0.25) is 5.02 Å². The van der Waals surface area contributed by atoms with Crippen LogP contribution in [0, 0.1) is 0 Å². The second kappa shape index (κ2) is 7.61. The molecule has 2 aliphatic rings. The summed E-state index contributed by atoms with van der Waals surface area (Å²) in [7, 11) is -1.63. The minimum atomic E-state index is -3.69. The van der Waals surface area contributed by atoms with Crippen molar-refractivity contribution >= 4 is 27.5 Å². The Balaban J connectivity index is 1.71. The monoisotopic (exact) mass is 385 g/mol. The Morgan fingerprint density at radius 3 is 2.40 bits per heavy atom. The van der Waals surface area contributed by atoms with E-state index in [2.05, 4.69) is 17.3 Å². The van der Waals surface area contributed by atoms with Gasteiger partial charge < -0.3 is 10.2 Å². The van der Waals surface area contributed by atoms with Crippen LogP contribution in [-0.4, -0.2) is 62.3 Å². The molecule has 1 N–H and O–H groups in total. The topological polar surface area (TPSA) is 69.7 Å². The molecular formula is C17H24ClN3O3S. The highest BCUT2D eigenvalue weighted by atomic mass is 35.5. The first-order valence-corrected chi connectivity index (χ1v) is 10.5. The average Bonchev–Trinajstić information content (AvgIpc) is 3.08. The number of halogens is 1. The van der Waals surface area contributed by atoms with E-state index in [4.69, 9.17) is 11.6 Å². The van der Waals surface area contributed by atoms with Crippen LogP contribution < -0.4 is 5.32 Å². The molecule has 6 nitrogen and oxygen atoms in total. The zero-order chi connectivity index (χ0) is 18.0. The number of nitrogens with one attached hydrogen (secondary N) is 1. The number of likely N-dealkylation sites (tertiary alicyclic amines) is 1. The Morgan fingerprint density at radius 1 is 1.12 bits per heavy atom. The van der Waals surface area contributed by atoms with Crippen molar-refractivity contribution in [1.82, 2.24) is 14.5 Å². The predicted octanol–water partition coefficient (Wildman–Crippen LogP) is 1.70. The molecule has 138 valence electrons. The molecule has 0 unspecified atom stereocenters. The van der Waals surface area contributed by atoms with Crippen molar-refractivity contribution in [3.63, 3.8) is 0 Å². The number of piperidine rings is 1. The van der Waals surface area contributed by atoms with E-state index in [0.717, 1.165) is 25.9 Å². The number of rotatable bonds is 4. The molecular weight excluding hydrogens is 362 g/mol. The molecule has 0 saturated carbocycles. The van der Waals surface area contributed by atoms with E-state index in [1.54, 1.807) is 12.1 Å². The predicted molar refractivity (Wildman–Crippen MR) is 97.0 cm³/mol. The van der Waals surface area contributed by atoms with Crippen LogP contribution >= 0.6 is 11.6 Å². The second-order valence-electron chi connectivity index (χ2n) is 6.81. The average molecular weight is 386 g/mol. The van der Waals surface area contributed by atoms with Crippen LogP contribution in [0.3, 0.4) is 0 Å². The smallest absolute Gasteiger partial charge is 0.243 e. The van der Waals surface area contributed by atoms with Gasteiger partial charge in [-0.2, -0.15) is 4.31 Å². The largest absolute Gasteiger partial charge is 0.352 e. The highest BCUT2D eigenvalue weighted by Crippen LogP contribution is 2.27. The molecule has 2 fully saturated rings. The molecule has 2 saturated heterocycles. The number of hydrogen-bond acceptors (Lipinski definition) is 4. The maximum absolute atomic E-state index is 12.9. The molecule has 25 heavy (non-hydrogen) atoms. The summed E-state index contributed by atoms with van der Waals surface area (Å²) >= 11 is 5.84. The summed E-state index contributed by atoms with van der Waals surface area (Å²) in [6.45, 7) is 2.27. The van der Waals surface area contributed by atoms with Crippen molar-refractivity contribution in [2.75, 3.05) is 26.7 Å². The Morgan fingerprint density at radius 2 is 1.76 bits per heavy atom. The van der Waals surface area contributed by atoms with Crippen molar-refractivity contribution in [3.8, 4) is 0 Å². The van der Waals surface area contributed by atoms with E-state index in [1.165, 1.54) is 16.4 Å². The van der Waals surface area contributed by atoms with E-state index >= 15 is 0 Å². The standard InChI is InChI=1S/C17H24ClN3O3S/c1-20-11-8-14(9-12-20)19-17(22)16-3-2-10-21(16)25(23,24)15-6-4-13(18)5-7-15/h4-7,14,16H,2-3,8-12H2,1H3,(H,19,22)/t16-/m0/s1. The number of benzene rings is 1. The first kappa shape index (κ1) is 18.6. The van der Waals surface area contributed by atoms with E-state index in [1.807, 2.05) is 0 Å². The van der Waals surface area contributed by atoms with Crippen molar-refractivity contribution in [2.24, 2.45) is 0 Å². The first-order chi connectivity index (χ1) is 11.9. The number of hydrogen-bond donors (Lipinski definition) is 1. The molecule has 1 aromatic rings. The SMILES string of the molecule is CN1CCC(NC(=O)[C@@H]2CCCN2S(=O)(=O)c2ccc(Cl)cc2)CC1. The highest BCUT2D eigenvalue weighted by Gasteiger charge is 2.40. The molecule has 2 heterocycles. The van der Waals surface area contributed by atoms with E-state index < -0.39 is 16.1 Å². The van der Waals surface area contributed by atoms with Gasteiger partial charge in [-0.15, -0.1) is 0 Å². The minimum Gasteiger partial charge on any atom is -0.352 e. The fourth-order valence-corrected chi connectivity index (χ4v) is 5.26. The van der Waals surface area contributed by atoms with Gasteiger partial charge in [-0.3, -0.25) is 4.79 Å². The van der Waals surface area contributed by atoms with Gasteiger partial charge >= 0.3 is 0 Å². The molecule has 0 bridgehead atoms. The Bertz CT molecular complexity index is 715. The van der Waals surface area contributed by atoms with Crippen molar-refractivity contribution in [1.29, 1.82) is 0 Å². The van der Waals surface area contributed by atoms with Gasteiger partial charge in [0.05, 0.1) is 4.90 Å². The zero-order valence-corrected chi connectivity index (χ0v) is 15.9. The fraction of sp³-hybridized carbons (Fsp3) is 0.588. The molecule has 2 aliphatic heterocycles. The molecule has 0 radical (unpaired) electrons. The lowest BCUT2D eigenvalue weighted by Gasteiger charge is -2.31. The molecule has 0 spiro atoms. The molecule has 3 rings (SSSR count). The van der Waals surface area contributed by atoms with Crippen LogP contribution in [0.1, 0.15) is 25.7 Å². The molecule has 0 aromatic heterocycles. The maximum Gasteiger partial charge on any atom is 0.243 e. The van der Waals surface area contributed by atoms with Crippen LogP contribution in [0.15, 0.2) is 29.2 Å². The Labute approximate surface area is 154 Å². The van der Waals surface area contributed by atoms with Crippen LogP contribution in [0.4, 0.5) is 0 Å². The summed E-state index contributed by atoms with van der Waals surface area (Å²) in [5, 5.41) is 3.53. The number of carbonyl (C=O) groups is 1.